The molecule has 0 atom stereocenters. The highest BCUT2D eigenvalue weighted by Crippen LogP contribution is 2.18. The third kappa shape index (κ3) is 3.43. The lowest BCUT2D eigenvalue weighted by molar-refractivity contribution is -0.384. The first-order chi connectivity index (χ1) is 10.4. The van der Waals surface area contributed by atoms with Crippen molar-refractivity contribution in [1.82, 2.24) is 15.1 Å². The van der Waals surface area contributed by atoms with Crippen molar-refractivity contribution in [3.05, 3.63) is 56.4 Å². The maximum atomic E-state index is 12.0. The van der Waals surface area contributed by atoms with E-state index in [4.69, 9.17) is 11.6 Å². The minimum atomic E-state index is -0.533. The van der Waals surface area contributed by atoms with Crippen LogP contribution in [0.3, 0.4) is 0 Å². The van der Waals surface area contributed by atoms with Gasteiger partial charge in [-0.1, -0.05) is 17.7 Å². The predicted octanol–water partition coefficient (Wildman–Crippen LogP) is 2.49. The molecule has 0 spiro atoms. The summed E-state index contributed by atoms with van der Waals surface area (Å²) in [5.74, 6) is -0.365. The van der Waals surface area contributed by atoms with E-state index in [1.807, 2.05) is 13.8 Å². The average molecular weight is 323 g/mol. The molecule has 0 unspecified atom stereocenters. The molecule has 1 amide bonds. The summed E-state index contributed by atoms with van der Waals surface area (Å²) < 4.78 is 1.71. The van der Waals surface area contributed by atoms with Crippen LogP contribution in [0.1, 0.15) is 21.7 Å². The summed E-state index contributed by atoms with van der Waals surface area (Å²) in [4.78, 5) is 22.1. The first kappa shape index (κ1) is 16.0. The molecule has 0 aliphatic heterocycles. The van der Waals surface area contributed by atoms with Crippen molar-refractivity contribution in [2.24, 2.45) is 0 Å². The Bertz CT molecular complexity index is 727. The Hall–Kier alpha value is -2.41. The fourth-order valence-corrected chi connectivity index (χ4v) is 2.17. The number of carbonyl (C=O) groups excluding carboxylic acids is 1. The van der Waals surface area contributed by atoms with Gasteiger partial charge in [0, 0.05) is 24.2 Å². The Morgan fingerprint density at radius 1 is 1.45 bits per heavy atom. The van der Waals surface area contributed by atoms with Crippen LogP contribution in [0.2, 0.25) is 5.02 Å². The Labute approximate surface area is 132 Å². The van der Waals surface area contributed by atoms with Gasteiger partial charge in [-0.05, 0) is 19.9 Å². The van der Waals surface area contributed by atoms with Gasteiger partial charge in [-0.15, -0.1) is 0 Å². The maximum Gasteiger partial charge on any atom is 0.270 e. The van der Waals surface area contributed by atoms with E-state index in [1.54, 1.807) is 4.68 Å². The van der Waals surface area contributed by atoms with Crippen LogP contribution in [0.25, 0.3) is 0 Å². The van der Waals surface area contributed by atoms with Gasteiger partial charge in [0.05, 0.1) is 27.9 Å². The van der Waals surface area contributed by atoms with E-state index in [1.165, 1.54) is 24.3 Å². The average Bonchev–Trinajstić information content (AvgIpc) is 2.74. The summed E-state index contributed by atoms with van der Waals surface area (Å²) in [6, 6.07) is 5.60. The minimum Gasteiger partial charge on any atom is -0.350 e. The zero-order valence-corrected chi connectivity index (χ0v) is 12.9. The third-order valence-electron chi connectivity index (χ3n) is 3.22. The van der Waals surface area contributed by atoms with Crippen molar-refractivity contribution in [3.8, 4) is 0 Å². The van der Waals surface area contributed by atoms with Crippen LogP contribution in [0.5, 0.6) is 0 Å². The van der Waals surface area contributed by atoms with Crippen LogP contribution in [0.15, 0.2) is 24.3 Å². The van der Waals surface area contributed by atoms with E-state index >= 15 is 0 Å². The van der Waals surface area contributed by atoms with Crippen LogP contribution in [0.4, 0.5) is 5.69 Å². The van der Waals surface area contributed by atoms with Crippen LogP contribution >= 0.6 is 11.6 Å². The minimum absolute atomic E-state index is 0.113. The van der Waals surface area contributed by atoms with Crippen LogP contribution in [0, 0.1) is 24.0 Å². The Balaban J connectivity index is 1.97. The zero-order valence-electron chi connectivity index (χ0n) is 12.2. The predicted molar refractivity (Wildman–Crippen MR) is 82.1 cm³/mol. The van der Waals surface area contributed by atoms with E-state index < -0.39 is 4.92 Å². The Kier molecular flexibility index (Phi) is 4.77. The molecule has 0 radical (unpaired) electrons. The summed E-state index contributed by atoms with van der Waals surface area (Å²) >= 11 is 6.05. The number of carbonyl (C=O) groups is 1. The van der Waals surface area contributed by atoms with Crippen LogP contribution < -0.4 is 5.32 Å². The molecular weight excluding hydrogens is 308 g/mol. The molecule has 1 aromatic carbocycles. The van der Waals surface area contributed by atoms with E-state index in [-0.39, 0.29) is 17.2 Å². The van der Waals surface area contributed by atoms with Gasteiger partial charge < -0.3 is 5.32 Å². The van der Waals surface area contributed by atoms with Gasteiger partial charge in [-0.3, -0.25) is 19.6 Å². The van der Waals surface area contributed by atoms with Crippen molar-refractivity contribution in [2.45, 2.75) is 20.4 Å². The highest BCUT2D eigenvalue weighted by molar-refractivity contribution is 6.31. The highest BCUT2D eigenvalue weighted by Gasteiger charge is 2.12. The quantitative estimate of drug-likeness (QED) is 0.676. The van der Waals surface area contributed by atoms with Crippen molar-refractivity contribution >= 4 is 23.2 Å². The van der Waals surface area contributed by atoms with E-state index in [0.717, 1.165) is 11.4 Å². The molecule has 7 nitrogen and oxygen atoms in total. The fourth-order valence-electron chi connectivity index (χ4n) is 2.03. The topological polar surface area (TPSA) is 90.1 Å². The molecule has 22 heavy (non-hydrogen) atoms. The second kappa shape index (κ2) is 6.57. The molecular formula is C14H15ClN4O3. The molecule has 0 saturated heterocycles. The number of aryl methyl sites for hydroxylation is 1. The normalized spacial score (nSPS) is 10.5. The number of halogens is 1. The monoisotopic (exact) mass is 322 g/mol. The molecule has 1 aromatic heterocycles. The highest BCUT2D eigenvalue weighted by atomic mass is 35.5. The molecule has 0 aliphatic rings. The number of aromatic nitrogens is 2. The van der Waals surface area contributed by atoms with Gasteiger partial charge in [-0.25, -0.2) is 0 Å². The summed E-state index contributed by atoms with van der Waals surface area (Å²) in [6.45, 7) is 4.48. The first-order valence-electron chi connectivity index (χ1n) is 6.62. The van der Waals surface area contributed by atoms with Gasteiger partial charge in [0.15, 0.2) is 0 Å². The van der Waals surface area contributed by atoms with Gasteiger partial charge >= 0.3 is 0 Å². The molecule has 8 heteroatoms. The summed E-state index contributed by atoms with van der Waals surface area (Å²) in [6.07, 6.45) is 0. The number of benzene rings is 1. The second-order valence-electron chi connectivity index (χ2n) is 4.77. The summed E-state index contributed by atoms with van der Waals surface area (Å²) in [7, 11) is 0. The molecule has 0 fully saturated rings. The second-order valence-corrected chi connectivity index (χ2v) is 5.15. The first-order valence-corrected chi connectivity index (χ1v) is 7.00. The van der Waals surface area contributed by atoms with Crippen LogP contribution in [-0.4, -0.2) is 27.2 Å². The number of nitro groups is 1. The number of nitro benzene ring substituents is 1. The fraction of sp³-hybridized carbons (Fsp3) is 0.286. The van der Waals surface area contributed by atoms with Crippen molar-refractivity contribution < 1.29 is 9.72 Å². The Morgan fingerprint density at radius 2 is 2.18 bits per heavy atom. The van der Waals surface area contributed by atoms with Gasteiger partial charge in [0.25, 0.3) is 11.6 Å². The standard InChI is InChI=1S/C14H15ClN4O3/c1-9-13(15)10(2)18(17-9)7-6-16-14(20)11-4-3-5-12(8-11)19(21)22/h3-5,8H,6-7H2,1-2H3,(H,16,20). The van der Waals surface area contributed by atoms with E-state index in [0.29, 0.717) is 18.1 Å². The van der Waals surface area contributed by atoms with Crippen LogP contribution in [-0.2, 0) is 6.54 Å². The van der Waals surface area contributed by atoms with Crippen molar-refractivity contribution in [1.29, 1.82) is 0 Å². The molecule has 0 aliphatic carbocycles. The number of amides is 1. The number of nitrogens with one attached hydrogen (secondary N) is 1. The van der Waals surface area contributed by atoms with E-state index in [9.17, 15) is 14.9 Å². The molecule has 0 saturated carbocycles. The number of rotatable bonds is 5. The van der Waals surface area contributed by atoms with Gasteiger partial charge in [-0.2, -0.15) is 5.10 Å². The molecule has 2 rings (SSSR count). The number of non-ortho nitro benzene ring substituents is 1. The van der Waals surface area contributed by atoms with E-state index in [2.05, 4.69) is 10.4 Å². The lowest BCUT2D eigenvalue weighted by atomic mass is 10.2. The van der Waals surface area contributed by atoms with Gasteiger partial charge in [0.1, 0.15) is 0 Å². The molecule has 1 N–H and O–H groups in total. The third-order valence-corrected chi connectivity index (χ3v) is 3.77. The lowest BCUT2D eigenvalue weighted by Crippen LogP contribution is -2.27. The lowest BCUT2D eigenvalue weighted by Gasteiger charge is -2.07. The van der Waals surface area contributed by atoms with Gasteiger partial charge in [0.2, 0.25) is 0 Å². The molecule has 1 heterocycles. The Morgan fingerprint density at radius 3 is 2.77 bits per heavy atom. The summed E-state index contributed by atoms with van der Waals surface area (Å²) in [5, 5.41) is 18.3. The number of nitrogens with zero attached hydrogens (tertiary/aromatic N) is 3. The SMILES string of the molecule is Cc1nn(CCNC(=O)c2cccc([N+](=O)[O-])c2)c(C)c1Cl. The number of hydrogen-bond donors (Lipinski definition) is 1. The molecule has 0 bridgehead atoms. The number of hydrogen-bond acceptors (Lipinski definition) is 4. The molecule has 2 aromatic rings. The smallest absolute Gasteiger partial charge is 0.270 e. The zero-order chi connectivity index (χ0) is 16.3. The summed E-state index contributed by atoms with van der Waals surface area (Å²) in [5.41, 5.74) is 1.71. The largest absolute Gasteiger partial charge is 0.350 e. The molecule has 116 valence electrons. The van der Waals surface area contributed by atoms with Crippen molar-refractivity contribution in [2.75, 3.05) is 6.54 Å². The van der Waals surface area contributed by atoms with Crippen molar-refractivity contribution in [3.63, 3.8) is 0 Å². The maximum absolute atomic E-state index is 12.0.